The standard InChI is InChI=1S/C16H20N4O6S/c1-27(24,25)20(10-15(21)22)9-13-8-19(4-5-26-13)16(23)11-2-3-14-12(6-11)7-17-18-14/h2-3,6-7,13H,4-5,8-10H2,1H3,(H,17,18)(H,21,22). The lowest BCUT2D eigenvalue weighted by Crippen LogP contribution is -2.51. The van der Waals surface area contributed by atoms with E-state index in [0.717, 1.165) is 21.5 Å². The van der Waals surface area contributed by atoms with E-state index < -0.39 is 28.6 Å². The van der Waals surface area contributed by atoms with E-state index in [1.807, 2.05) is 0 Å². The summed E-state index contributed by atoms with van der Waals surface area (Å²) in [5.74, 6) is -1.45. The van der Waals surface area contributed by atoms with Gasteiger partial charge in [-0.25, -0.2) is 8.42 Å². The van der Waals surface area contributed by atoms with Crippen LogP contribution in [0.2, 0.25) is 0 Å². The van der Waals surface area contributed by atoms with E-state index >= 15 is 0 Å². The van der Waals surface area contributed by atoms with Crippen LogP contribution >= 0.6 is 0 Å². The number of nitrogens with one attached hydrogen (secondary N) is 1. The second-order valence-corrected chi connectivity index (χ2v) is 8.35. The Labute approximate surface area is 155 Å². The molecule has 2 heterocycles. The third-order valence-electron chi connectivity index (χ3n) is 4.30. The Bertz CT molecular complexity index is 957. The number of aromatic amines is 1. The lowest BCUT2D eigenvalue weighted by atomic mass is 10.1. The number of amides is 1. The van der Waals surface area contributed by atoms with Gasteiger partial charge in [-0.3, -0.25) is 14.7 Å². The quantitative estimate of drug-likeness (QED) is 0.688. The number of carbonyl (C=O) groups excluding carboxylic acids is 1. The van der Waals surface area contributed by atoms with E-state index in [2.05, 4.69) is 10.2 Å². The Morgan fingerprint density at radius 3 is 2.93 bits per heavy atom. The fourth-order valence-corrected chi connectivity index (χ4v) is 3.75. The van der Waals surface area contributed by atoms with Crippen molar-refractivity contribution in [1.29, 1.82) is 0 Å². The van der Waals surface area contributed by atoms with E-state index in [1.54, 1.807) is 29.3 Å². The minimum Gasteiger partial charge on any atom is -0.480 e. The number of benzene rings is 1. The van der Waals surface area contributed by atoms with Gasteiger partial charge < -0.3 is 14.7 Å². The molecule has 3 rings (SSSR count). The molecule has 0 saturated carbocycles. The minimum atomic E-state index is -3.71. The average molecular weight is 396 g/mol. The summed E-state index contributed by atoms with van der Waals surface area (Å²) >= 11 is 0. The SMILES string of the molecule is CS(=O)(=O)N(CC(=O)O)CC1CN(C(=O)c2ccc3[nH]ncc3c2)CCO1. The first-order chi connectivity index (χ1) is 12.7. The second kappa shape index (κ2) is 7.62. The Balaban J connectivity index is 1.71. The number of hydrogen-bond acceptors (Lipinski definition) is 6. The topological polar surface area (TPSA) is 133 Å². The van der Waals surface area contributed by atoms with Crippen molar-refractivity contribution in [1.82, 2.24) is 19.4 Å². The van der Waals surface area contributed by atoms with E-state index in [-0.39, 0.29) is 25.6 Å². The molecule has 2 N–H and O–H groups in total. The number of morpholine rings is 1. The number of carboxylic acid groups (broad SMARTS) is 1. The van der Waals surface area contributed by atoms with Crippen molar-refractivity contribution < 1.29 is 27.9 Å². The van der Waals surface area contributed by atoms with Gasteiger partial charge in [-0.2, -0.15) is 9.40 Å². The van der Waals surface area contributed by atoms with Gasteiger partial charge in [0.05, 0.1) is 30.7 Å². The summed E-state index contributed by atoms with van der Waals surface area (Å²) in [7, 11) is -3.71. The number of fused-ring (bicyclic) bond motifs is 1. The van der Waals surface area contributed by atoms with Crippen LogP contribution in [0.25, 0.3) is 10.9 Å². The molecule has 146 valence electrons. The van der Waals surface area contributed by atoms with Crippen LogP contribution in [-0.4, -0.2) is 89.9 Å². The van der Waals surface area contributed by atoms with Gasteiger partial charge in [-0.1, -0.05) is 0 Å². The number of rotatable bonds is 6. The zero-order valence-electron chi connectivity index (χ0n) is 14.7. The van der Waals surface area contributed by atoms with Crippen molar-refractivity contribution >= 4 is 32.8 Å². The number of ether oxygens (including phenoxy) is 1. The monoisotopic (exact) mass is 396 g/mol. The largest absolute Gasteiger partial charge is 0.480 e. The Morgan fingerprint density at radius 1 is 1.44 bits per heavy atom. The van der Waals surface area contributed by atoms with Crippen LogP contribution < -0.4 is 0 Å². The molecule has 27 heavy (non-hydrogen) atoms. The molecular formula is C16H20N4O6S. The molecule has 1 aliphatic heterocycles. The summed E-state index contributed by atoms with van der Waals surface area (Å²) in [6.45, 7) is 0.0129. The van der Waals surface area contributed by atoms with E-state index in [0.29, 0.717) is 12.1 Å². The zero-order chi connectivity index (χ0) is 19.6. The molecule has 2 aromatic rings. The molecule has 1 aliphatic rings. The third kappa shape index (κ3) is 4.62. The molecule has 1 aromatic carbocycles. The fraction of sp³-hybridized carbons (Fsp3) is 0.438. The van der Waals surface area contributed by atoms with Crippen LogP contribution in [-0.2, 0) is 19.6 Å². The summed E-state index contributed by atoms with van der Waals surface area (Å²) in [4.78, 5) is 25.3. The number of carbonyl (C=O) groups is 2. The van der Waals surface area contributed by atoms with Crippen LogP contribution in [0, 0.1) is 0 Å². The molecule has 0 radical (unpaired) electrons. The highest BCUT2D eigenvalue weighted by Crippen LogP contribution is 2.17. The summed E-state index contributed by atoms with van der Waals surface area (Å²) in [5, 5.41) is 16.5. The molecule has 0 spiro atoms. The van der Waals surface area contributed by atoms with Gasteiger partial charge in [-0.15, -0.1) is 0 Å². The number of nitrogens with zero attached hydrogens (tertiary/aromatic N) is 3. The molecule has 0 bridgehead atoms. The lowest BCUT2D eigenvalue weighted by Gasteiger charge is -2.35. The van der Waals surface area contributed by atoms with Crippen molar-refractivity contribution in [3.8, 4) is 0 Å². The van der Waals surface area contributed by atoms with Crippen LogP contribution in [0.3, 0.4) is 0 Å². The first-order valence-electron chi connectivity index (χ1n) is 8.25. The highest BCUT2D eigenvalue weighted by Gasteiger charge is 2.30. The Hall–Kier alpha value is -2.50. The van der Waals surface area contributed by atoms with Gasteiger partial charge in [0.2, 0.25) is 10.0 Å². The molecular weight excluding hydrogens is 376 g/mol. The van der Waals surface area contributed by atoms with Gasteiger partial charge in [0, 0.05) is 30.6 Å². The molecule has 1 saturated heterocycles. The smallest absolute Gasteiger partial charge is 0.318 e. The maximum atomic E-state index is 12.8. The molecule has 10 nitrogen and oxygen atoms in total. The highest BCUT2D eigenvalue weighted by atomic mass is 32.2. The molecule has 1 fully saturated rings. The molecule has 1 aromatic heterocycles. The van der Waals surface area contributed by atoms with Crippen LogP contribution in [0.4, 0.5) is 0 Å². The van der Waals surface area contributed by atoms with E-state index in [4.69, 9.17) is 9.84 Å². The second-order valence-electron chi connectivity index (χ2n) is 6.37. The van der Waals surface area contributed by atoms with Crippen LogP contribution in [0.15, 0.2) is 24.4 Å². The van der Waals surface area contributed by atoms with Crippen molar-refractivity contribution in [2.24, 2.45) is 0 Å². The average Bonchev–Trinajstić information content (AvgIpc) is 3.07. The molecule has 1 unspecified atom stereocenters. The summed E-state index contributed by atoms with van der Waals surface area (Å²) < 4.78 is 30.0. The number of H-pyrrole nitrogens is 1. The maximum absolute atomic E-state index is 12.8. The Kier molecular flexibility index (Phi) is 5.44. The number of hydrogen-bond donors (Lipinski definition) is 2. The number of sulfonamides is 1. The van der Waals surface area contributed by atoms with Gasteiger partial charge in [0.25, 0.3) is 5.91 Å². The van der Waals surface area contributed by atoms with E-state index in [9.17, 15) is 18.0 Å². The number of carboxylic acids is 1. The predicted molar refractivity (Wildman–Crippen MR) is 95.8 cm³/mol. The van der Waals surface area contributed by atoms with Gasteiger partial charge >= 0.3 is 5.97 Å². The van der Waals surface area contributed by atoms with Gasteiger partial charge in [-0.05, 0) is 18.2 Å². The summed E-state index contributed by atoms with van der Waals surface area (Å²) in [5.41, 5.74) is 1.32. The number of aromatic nitrogens is 2. The van der Waals surface area contributed by atoms with Crippen LogP contribution in [0.5, 0.6) is 0 Å². The Morgan fingerprint density at radius 2 is 2.22 bits per heavy atom. The summed E-state index contributed by atoms with van der Waals surface area (Å²) in [6.07, 6.45) is 1.97. The van der Waals surface area contributed by atoms with Crippen molar-refractivity contribution in [3.63, 3.8) is 0 Å². The lowest BCUT2D eigenvalue weighted by molar-refractivity contribution is -0.137. The van der Waals surface area contributed by atoms with Crippen LogP contribution in [0.1, 0.15) is 10.4 Å². The highest BCUT2D eigenvalue weighted by molar-refractivity contribution is 7.88. The van der Waals surface area contributed by atoms with Crippen molar-refractivity contribution in [3.05, 3.63) is 30.0 Å². The zero-order valence-corrected chi connectivity index (χ0v) is 15.5. The number of aliphatic carboxylic acids is 1. The van der Waals surface area contributed by atoms with E-state index in [1.165, 1.54) is 0 Å². The maximum Gasteiger partial charge on any atom is 0.318 e. The normalized spacial score (nSPS) is 18.1. The van der Waals surface area contributed by atoms with Crippen molar-refractivity contribution in [2.75, 3.05) is 39.0 Å². The molecule has 1 atom stereocenters. The van der Waals surface area contributed by atoms with Gasteiger partial charge in [0.1, 0.15) is 6.54 Å². The first-order valence-corrected chi connectivity index (χ1v) is 10.1. The first kappa shape index (κ1) is 19.3. The molecule has 0 aliphatic carbocycles. The molecule has 1 amide bonds. The van der Waals surface area contributed by atoms with Gasteiger partial charge in [0.15, 0.2) is 0 Å². The van der Waals surface area contributed by atoms with Crippen molar-refractivity contribution in [2.45, 2.75) is 6.10 Å². The molecule has 11 heteroatoms. The summed E-state index contributed by atoms with van der Waals surface area (Å²) in [6, 6.07) is 5.20. The minimum absolute atomic E-state index is 0.129. The fourth-order valence-electron chi connectivity index (χ4n) is 2.97. The third-order valence-corrected chi connectivity index (χ3v) is 5.52. The predicted octanol–water partition coefficient (Wildman–Crippen LogP) is -0.250.